The minimum absolute atomic E-state index is 0.0217. The van der Waals surface area contributed by atoms with E-state index in [4.69, 9.17) is 4.74 Å². The quantitative estimate of drug-likeness (QED) is 0.800. The van der Waals surface area contributed by atoms with E-state index in [2.05, 4.69) is 33.8 Å². The number of hydrogen-bond donors (Lipinski definition) is 1. The van der Waals surface area contributed by atoms with Crippen molar-refractivity contribution in [3.8, 4) is 5.75 Å². The SMILES string of the molecule is COC(=O)[C@@]1(C)CCC[C@@]2(C)c3ccc(O)c(C(C)C)c3CCC21. The van der Waals surface area contributed by atoms with Crippen LogP contribution in [0.3, 0.4) is 0 Å². The molecule has 2 aliphatic rings. The fraction of sp³-hybridized carbons (Fsp3) is 0.667. The molecule has 0 radical (unpaired) electrons. The third-order valence-corrected chi connectivity index (χ3v) is 6.79. The third kappa shape index (κ3) is 2.28. The summed E-state index contributed by atoms with van der Waals surface area (Å²) in [6.07, 6.45) is 4.96. The lowest BCUT2D eigenvalue weighted by Gasteiger charge is -2.54. The molecule has 1 aromatic rings. The Kier molecular flexibility index (Phi) is 4.17. The number of phenols is 1. The van der Waals surface area contributed by atoms with Gasteiger partial charge in [0.2, 0.25) is 0 Å². The van der Waals surface area contributed by atoms with Crippen LogP contribution in [0.1, 0.15) is 76.0 Å². The molecule has 0 spiro atoms. The molecule has 0 aromatic heterocycles. The van der Waals surface area contributed by atoms with Gasteiger partial charge in [0.05, 0.1) is 12.5 Å². The van der Waals surface area contributed by atoms with Crippen molar-refractivity contribution < 1.29 is 14.6 Å². The van der Waals surface area contributed by atoms with Crippen LogP contribution in [0, 0.1) is 11.3 Å². The average Bonchev–Trinajstić information content (AvgIpc) is 2.52. The number of aromatic hydroxyl groups is 1. The minimum atomic E-state index is -0.407. The van der Waals surface area contributed by atoms with Crippen molar-refractivity contribution in [2.24, 2.45) is 11.3 Å². The number of hydrogen-bond acceptors (Lipinski definition) is 3. The summed E-state index contributed by atoms with van der Waals surface area (Å²) in [7, 11) is 1.51. The lowest BCUT2D eigenvalue weighted by atomic mass is 9.49. The molecular formula is C21H30O3. The maximum absolute atomic E-state index is 12.6. The molecule has 1 N–H and O–H groups in total. The van der Waals surface area contributed by atoms with Crippen LogP contribution in [0.4, 0.5) is 0 Å². The van der Waals surface area contributed by atoms with Crippen LogP contribution in [0.5, 0.6) is 5.75 Å². The van der Waals surface area contributed by atoms with Crippen LogP contribution >= 0.6 is 0 Å². The molecule has 0 aliphatic heterocycles. The van der Waals surface area contributed by atoms with Crippen molar-refractivity contribution in [3.63, 3.8) is 0 Å². The van der Waals surface area contributed by atoms with E-state index in [9.17, 15) is 9.90 Å². The zero-order valence-electron chi connectivity index (χ0n) is 15.6. The van der Waals surface area contributed by atoms with Crippen LogP contribution in [0.15, 0.2) is 12.1 Å². The molecule has 0 bridgehead atoms. The number of benzene rings is 1. The number of carbonyl (C=O) groups is 1. The van der Waals surface area contributed by atoms with E-state index in [1.807, 2.05) is 6.07 Å². The molecule has 1 fully saturated rings. The summed E-state index contributed by atoms with van der Waals surface area (Å²) in [5.74, 6) is 0.945. The Morgan fingerprint density at radius 3 is 2.62 bits per heavy atom. The van der Waals surface area contributed by atoms with Crippen LogP contribution in [0.25, 0.3) is 0 Å². The fourth-order valence-corrected chi connectivity index (χ4v) is 5.70. The number of rotatable bonds is 2. The number of ether oxygens (including phenoxy) is 1. The normalized spacial score (nSPS) is 32.2. The van der Waals surface area contributed by atoms with Gasteiger partial charge in [-0.3, -0.25) is 4.79 Å². The van der Waals surface area contributed by atoms with Gasteiger partial charge < -0.3 is 9.84 Å². The molecule has 0 saturated heterocycles. The summed E-state index contributed by atoms with van der Waals surface area (Å²) in [5, 5.41) is 10.4. The smallest absolute Gasteiger partial charge is 0.311 e. The summed E-state index contributed by atoms with van der Waals surface area (Å²) >= 11 is 0. The highest BCUT2D eigenvalue weighted by molar-refractivity contribution is 5.77. The number of esters is 1. The lowest BCUT2D eigenvalue weighted by molar-refractivity contribution is -0.161. The maximum Gasteiger partial charge on any atom is 0.311 e. The first-order valence-electron chi connectivity index (χ1n) is 9.19. The molecule has 1 aromatic carbocycles. The maximum atomic E-state index is 12.6. The van der Waals surface area contributed by atoms with E-state index in [1.54, 1.807) is 0 Å². The van der Waals surface area contributed by atoms with Gasteiger partial charge in [0.15, 0.2) is 0 Å². The van der Waals surface area contributed by atoms with Gasteiger partial charge in [0, 0.05) is 0 Å². The van der Waals surface area contributed by atoms with E-state index in [-0.39, 0.29) is 11.4 Å². The number of methoxy groups -OCH3 is 1. The van der Waals surface area contributed by atoms with Gasteiger partial charge in [-0.15, -0.1) is 0 Å². The van der Waals surface area contributed by atoms with Gasteiger partial charge in [-0.2, -0.15) is 0 Å². The van der Waals surface area contributed by atoms with Crippen molar-refractivity contribution in [1.82, 2.24) is 0 Å². The summed E-state index contributed by atoms with van der Waals surface area (Å²) in [5.41, 5.74) is 3.33. The average molecular weight is 330 g/mol. The van der Waals surface area contributed by atoms with Gasteiger partial charge in [0.1, 0.15) is 5.75 Å². The molecule has 3 atom stereocenters. The first-order chi connectivity index (χ1) is 11.3. The van der Waals surface area contributed by atoms with Gasteiger partial charge in [-0.1, -0.05) is 33.3 Å². The Labute approximate surface area is 145 Å². The van der Waals surface area contributed by atoms with Crippen molar-refractivity contribution in [3.05, 3.63) is 28.8 Å². The largest absolute Gasteiger partial charge is 0.508 e. The van der Waals surface area contributed by atoms with E-state index in [0.29, 0.717) is 17.6 Å². The van der Waals surface area contributed by atoms with Crippen LogP contribution in [-0.2, 0) is 21.4 Å². The minimum Gasteiger partial charge on any atom is -0.508 e. The Hall–Kier alpha value is -1.51. The standard InChI is InChI=1S/C21H30O3/c1-13(2)18-14-7-10-17-20(3,15(14)8-9-16(18)22)11-6-12-21(17,4)19(23)24-5/h8-9,13,17,22H,6-7,10-12H2,1-5H3/t17?,20-,21-/m0/s1. The molecule has 3 nitrogen and oxygen atoms in total. The number of fused-ring (bicyclic) bond motifs is 3. The Morgan fingerprint density at radius 1 is 1.29 bits per heavy atom. The highest BCUT2D eigenvalue weighted by Gasteiger charge is 2.55. The Balaban J connectivity index is 2.15. The molecule has 3 heteroatoms. The number of phenolic OH excluding ortho intramolecular Hbond substituents is 1. The fourth-order valence-electron chi connectivity index (χ4n) is 5.70. The number of carbonyl (C=O) groups excluding carboxylic acids is 1. The second-order valence-electron chi connectivity index (χ2n) is 8.45. The van der Waals surface area contributed by atoms with Gasteiger partial charge >= 0.3 is 5.97 Å². The highest BCUT2D eigenvalue weighted by Crippen LogP contribution is 2.58. The predicted molar refractivity (Wildman–Crippen MR) is 95.3 cm³/mol. The van der Waals surface area contributed by atoms with Crippen molar-refractivity contribution in [2.45, 2.75) is 71.1 Å². The van der Waals surface area contributed by atoms with Gasteiger partial charge in [-0.05, 0) is 72.6 Å². The second kappa shape index (κ2) is 5.79. The van der Waals surface area contributed by atoms with E-state index >= 15 is 0 Å². The van der Waals surface area contributed by atoms with Gasteiger partial charge in [-0.25, -0.2) is 0 Å². The molecule has 24 heavy (non-hydrogen) atoms. The van der Waals surface area contributed by atoms with E-state index in [1.165, 1.54) is 18.2 Å². The molecule has 3 rings (SSSR count). The molecule has 2 aliphatic carbocycles. The van der Waals surface area contributed by atoms with Gasteiger partial charge in [0.25, 0.3) is 0 Å². The lowest BCUT2D eigenvalue weighted by Crippen LogP contribution is -2.52. The Bertz CT molecular complexity index is 663. The monoisotopic (exact) mass is 330 g/mol. The molecule has 1 unspecified atom stereocenters. The second-order valence-corrected chi connectivity index (χ2v) is 8.45. The first kappa shape index (κ1) is 17.3. The van der Waals surface area contributed by atoms with Crippen molar-refractivity contribution in [2.75, 3.05) is 7.11 Å². The van der Waals surface area contributed by atoms with Crippen LogP contribution < -0.4 is 0 Å². The van der Waals surface area contributed by atoms with Crippen molar-refractivity contribution >= 4 is 5.97 Å². The van der Waals surface area contributed by atoms with E-state index in [0.717, 1.165) is 37.7 Å². The Morgan fingerprint density at radius 2 is 2.00 bits per heavy atom. The van der Waals surface area contributed by atoms with Crippen LogP contribution in [0.2, 0.25) is 0 Å². The predicted octanol–water partition coefficient (Wildman–Crippen LogP) is 4.70. The summed E-state index contributed by atoms with van der Waals surface area (Å²) in [6.45, 7) is 8.69. The first-order valence-corrected chi connectivity index (χ1v) is 9.19. The van der Waals surface area contributed by atoms with E-state index < -0.39 is 5.41 Å². The van der Waals surface area contributed by atoms with Crippen LogP contribution in [-0.4, -0.2) is 18.2 Å². The zero-order valence-corrected chi connectivity index (χ0v) is 15.6. The highest BCUT2D eigenvalue weighted by atomic mass is 16.5. The molecule has 132 valence electrons. The summed E-state index contributed by atoms with van der Waals surface area (Å²) in [6, 6.07) is 3.96. The molecular weight excluding hydrogens is 300 g/mol. The zero-order chi connectivity index (χ0) is 17.7. The summed E-state index contributed by atoms with van der Waals surface area (Å²) < 4.78 is 5.18. The topological polar surface area (TPSA) is 46.5 Å². The summed E-state index contributed by atoms with van der Waals surface area (Å²) in [4.78, 5) is 12.6. The molecule has 0 amide bonds. The molecule has 0 heterocycles. The molecule has 1 saturated carbocycles. The third-order valence-electron chi connectivity index (χ3n) is 6.79. The van der Waals surface area contributed by atoms with Crippen molar-refractivity contribution in [1.29, 1.82) is 0 Å².